The first-order chi connectivity index (χ1) is 12.7. The molecule has 0 spiro atoms. The van der Waals surface area contributed by atoms with Crippen LogP contribution in [0.5, 0.6) is 0 Å². The zero-order valence-corrected chi connectivity index (χ0v) is 15.9. The van der Waals surface area contributed by atoms with Crippen LogP contribution in [0.2, 0.25) is 0 Å². The van der Waals surface area contributed by atoms with Crippen molar-refractivity contribution < 1.29 is 23.9 Å². The molecule has 0 radical (unpaired) electrons. The Morgan fingerprint density at radius 1 is 1.19 bits per heavy atom. The van der Waals surface area contributed by atoms with Crippen molar-refractivity contribution in [1.29, 1.82) is 0 Å². The molecule has 0 fully saturated rings. The molecule has 2 aromatic rings. The molecule has 8 heteroatoms. The molecule has 1 aromatic heterocycles. The second kappa shape index (κ2) is 8.57. The lowest BCUT2D eigenvalue weighted by atomic mass is 10.0. The van der Waals surface area contributed by atoms with Crippen LogP contribution in [0.1, 0.15) is 26.3 Å². The van der Waals surface area contributed by atoms with Crippen molar-refractivity contribution >= 4 is 28.9 Å². The summed E-state index contributed by atoms with van der Waals surface area (Å²) in [5, 5.41) is 6.00. The Morgan fingerprint density at radius 2 is 1.89 bits per heavy atom. The first-order valence-electron chi connectivity index (χ1n) is 8.58. The maximum atomic E-state index is 12.5. The number of ether oxygens (including phenoxy) is 2. The summed E-state index contributed by atoms with van der Waals surface area (Å²) in [6.45, 7) is 4.92. The van der Waals surface area contributed by atoms with E-state index in [1.54, 1.807) is 27.0 Å². The number of carbonyl (C=O) groups is 3. The standard InChI is InChI=1S/C19H25N3O5/c1-19(2,3)27-18(25)22-15(17(24)21-11-16(23)26-4)9-12-10-20-14-8-6-5-7-13(12)14/h5-8,10,15,20H,9,11H2,1-4H3,(H,21,24)(H,22,25)/t15-/m0/s1. The molecule has 1 heterocycles. The molecule has 0 aliphatic carbocycles. The van der Waals surface area contributed by atoms with Gasteiger partial charge in [-0.1, -0.05) is 18.2 Å². The maximum absolute atomic E-state index is 12.5. The minimum Gasteiger partial charge on any atom is -0.468 e. The lowest BCUT2D eigenvalue weighted by molar-refractivity contribution is -0.141. The second-order valence-corrected chi connectivity index (χ2v) is 7.06. The molecule has 0 aliphatic heterocycles. The summed E-state index contributed by atoms with van der Waals surface area (Å²) in [6.07, 6.45) is 1.32. The van der Waals surface area contributed by atoms with Gasteiger partial charge in [0, 0.05) is 23.5 Å². The molecule has 1 aromatic carbocycles. The molecule has 0 bridgehead atoms. The molecular weight excluding hydrogens is 350 g/mol. The molecule has 8 nitrogen and oxygen atoms in total. The Bertz CT molecular complexity index is 822. The van der Waals surface area contributed by atoms with Gasteiger partial charge in [0.2, 0.25) is 5.91 Å². The van der Waals surface area contributed by atoms with Crippen molar-refractivity contribution in [3.63, 3.8) is 0 Å². The Kier molecular flexibility index (Phi) is 6.44. The molecule has 1 atom stereocenters. The number of rotatable bonds is 6. The number of aromatic amines is 1. The van der Waals surface area contributed by atoms with Crippen molar-refractivity contribution in [3.8, 4) is 0 Å². The van der Waals surface area contributed by atoms with E-state index in [1.165, 1.54) is 7.11 Å². The summed E-state index contributed by atoms with van der Waals surface area (Å²) in [5.41, 5.74) is 1.09. The zero-order chi connectivity index (χ0) is 20.0. The van der Waals surface area contributed by atoms with Crippen molar-refractivity contribution in [2.75, 3.05) is 13.7 Å². The number of fused-ring (bicyclic) bond motifs is 1. The number of H-pyrrole nitrogens is 1. The average molecular weight is 375 g/mol. The highest BCUT2D eigenvalue weighted by Gasteiger charge is 2.26. The number of carbonyl (C=O) groups excluding carboxylic acids is 3. The number of esters is 1. The van der Waals surface area contributed by atoms with Crippen LogP contribution < -0.4 is 10.6 Å². The highest BCUT2D eigenvalue weighted by molar-refractivity contribution is 5.90. The molecule has 2 rings (SSSR count). The first-order valence-corrected chi connectivity index (χ1v) is 8.58. The van der Waals surface area contributed by atoms with Crippen LogP contribution in [-0.4, -0.2) is 48.3 Å². The summed E-state index contributed by atoms with van der Waals surface area (Å²) >= 11 is 0. The third kappa shape index (κ3) is 6.02. The molecule has 3 N–H and O–H groups in total. The number of nitrogens with one attached hydrogen (secondary N) is 3. The number of benzene rings is 1. The van der Waals surface area contributed by atoms with Gasteiger partial charge in [-0.05, 0) is 32.4 Å². The lowest BCUT2D eigenvalue weighted by Crippen LogP contribution is -2.50. The van der Waals surface area contributed by atoms with E-state index in [0.717, 1.165) is 16.5 Å². The fourth-order valence-electron chi connectivity index (χ4n) is 2.53. The number of para-hydroxylation sites is 1. The van der Waals surface area contributed by atoms with Crippen LogP contribution in [0, 0.1) is 0 Å². The summed E-state index contributed by atoms with van der Waals surface area (Å²) in [7, 11) is 1.23. The van der Waals surface area contributed by atoms with Crippen LogP contribution in [0.3, 0.4) is 0 Å². The minimum absolute atomic E-state index is 0.232. The van der Waals surface area contributed by atoms with E-state index in [0.29, 0.717) is 0 Å². The van der Waals surface area contributed by atoms with E-state index in [1.807, 2.05) is 24.3 Å². The fourth-order valence-corrected chi connectivity index (χ4v) is 2.53. The fraction of sp³-hybridized carbons (Fsp3) is 0.421. The van der Waals surface area contributed by atoms with Gasteiger partial charge in [-0.2, -0.15) is 0 Å². The van der Waals surface area contributed by atoms with Crippen LogP contribution in [0.15, 0.2) is 30.5 Å². The highest BCUT2D eigenvalue weighted by atomic mass is 16.6. The Hall–Kier alpha value is -3.03. The van der Waals surface area contributed by atoms with Gasteiger partial charge in [0.1, 0.15) is 18.2 Å². The second-order valence-electron chi connectivity index (χ2n) is 7.06. The Morgan fingerprint density at radius 3 is 2.56 bits per heavy atom. The first kappa shape index (κ1) is 20.3. The van der Waals surface area contributed by atoms with E-state index < -0.39 is 29.6 Å². The number of alkyl carbamates (subject to hydrolysis) is 1. The van der Waals surface area contributed by atoms with Crippen molar-refractivity contribution in [3.05, 3.63) is 36.0 Å². The molecule has 146 valence electrons. The van der Waals surface area contributed by atoms with Crippen LogP contribution >= 0.6 is 0 Å². The predicted molar refractivity (Wildman–Crippen MR) is 100 cm³/mol. The molecule has 0 saturated heterocycles. The third-order valence-electron chi connectivity index (χ3n) is 3.74. The van der Waals surface area contributed by atoms with Gasteiger partial charge in [0.25, 0.3) is 0 Å². The summed E-state index contributed by atoms with van der Waals surface area (Å²) in [6, 6.07) is 6.74. The molecule has 0 unspecified atom stereocenters. The van der Waals surface area contributed by atoms with Crippen molar-refractivity contribution in [2.45, 2.75) is 38.8 Å². The van der Waals surface area contributed by atoms with Crippen molar-refractivity contribution in [2.24, 2.45) is 0 Å². The van der Waals surface area contributed by atoms with Gasteiger partial charge in [0.15, 0.2) is 0 Å². The van der Waals surface area contributed by atoms with Crippen molar-refractivity contribution in [1.82, 2.24) is 15.6 Å². The highest BCUT2D eigenvalue weighted by Crippen LogP contribution is 2.19. The van der Waals surface area contributed by atoms with Gasteiger partial charge >= 0.3 is 12.1 Å². The summed E-state index contributed by atoms with van der Waals surface area (Å²) in [5.74, 6) is -1.08. The molecule has 0 aliphatic rings. The maximum Gasteiger partial charge on any atom is 0.408 e. The third-order valence-corrected chi connectivity index (χ3v) is 3.74. The van der Waals surface area contributed by atoms with Gasteiger partial charge in [-0.3, -0.25) is 9.59 Å². The SMILES string of the molecule is COC(=O)CNC(=O)[C@H](Cc1c[nH]c2ccccc12)NC(=O)OC(C)(C)C. The Labute approximate surface area is 157 Å². The van der Waals surface area contributed by atoms with Crippen LogP contribution in [-0.2, 0) is 25.5 Å². The van der Waals surface area contributed by atoms with E-state index in [9.17, 15) is 14.4 Å². The predicted octanol–water partition coefficient (Wildman–Crippen LogP) is 1.89. The molecule has 0 saturated carbocycles. The largest absolute Gasteiger partial charge is 0.468 e. The number of hydrogen-bond donors (Lipinski definition) is 3. The summed E-state index contributed by atoms with van der Waals surface area (Å²) < 4.78 is 9.76. The minimum atomic E-state index is -0.913. The lowest BCUT2D eigenvalue weighted by Gasteiger charge is -2.23. The number of aromatic nitrogens is 1. The van der Waals surface area contributed by atoms with E-state index in [4.69, 9.17) is 4.74 Å². The number of amides is 2. The zero-order valence-electron chi connectivity index (χ0n) is 15.9. The topological polar surface area (TPSA) is 110 Å². The monoisotopic (exact) mass is 375 g/mol. The molecule has 2 amide bonds. The van der Waals surface area contributed by atoms with Gasteiger partial charge in [-0.15, -0.1) is 0 Å². The smallest absolute Gasteiger partial charge is 0.408 e. The Balaban J connectivity index is 2.16. The summed E-state index contributed by atoms with van der Waals surface area (Å²) in [4.78, 5) is 39.1. The molecular formula is C19H25N3O5. The van der Waals surface area contributed by atoms with E-state index >= 15 is 0 Å². The number of methoxy groups -OCH3 is 1. The van der Waals surface area contributed by atoms with Gasteiger partial charge < -0.3 is 25.1 Å². The van der Waals surface area contributed by atoms with E-state index in [2.05, 4.69) is 20.4 Å². The normalized spacial score (nSPS) is 12.3. The van der Waals surface area contributed by atoms with Gasteiger partial charge in [-0.25, -0.2) is 4.79 Å². The molecule has 27 heavy (non-hydrogen) atoms. The average Bonchev–Trinajstić information content (AvgIpc) is 3.00. The quantitative estimate of drug-likeness (QED) is 0.668. The van der Waals surface area contributed by atoms with Gasteiger partial charge in [0.05, 0.1) is 7.11 Å². The van der Waals surface area contributed by atoms with Crippen LogP contribution in [0.4, 0.5) is 4.79 Å². The van der Waals surface area contributed by atoms with Crippen LogP contribution in [0.25, 0.3) is 10.9 Å². The van der Waals surface area contributed by atoms with E-state index in [-0.39, 0.29) is 13.0 Å². The number of hydrogen-bond acceptors (Lipinski definition) is 5.